The second kappa shape index (κ2) is 7.71. The Morgan fingerprint density at radius 2 is 1.46 bits per heavy atom. The maximum atomic E-state index is 6.53. The summed E-state index contributed by atoms with van der Waals surface area (Å²) in [5.74, 6) is 0.775. The van der Waals surface area contributed by atoms with Gasteiger partial charge in [-0.15, -0.1) is 0 Å². The molecule has 1 atom stereocenters. The maximum Gasteiger partial charge on any atom is 0.215 e. The molecule has 0 saturated carbocycles. The lowest BCUT2D eigenvalue weighted by atomic mass is 9.91. The zero-order valence-electron chi connectivity index (χ0n) is 15.1. The molecule has 4 rings (SSSR count). The van der Waals surface area contributed by atoms with Gasteiger partial charge in [-0.3, -0.25) is 0 Å². The van der Waals surface area contributed by atoms with Crippen molar-refractivity contribution in [3.05, 3.63) is 95.6 Å². The fourth-order valence-electron chi connectivity index (χ4n) is 3.57. The van der Waals surface area contributed by atoms with Crippen molar-refractivity contribution in [3.8, 4) is 5.75 Å². The van der Waals surface area contributed by atoms with Gasteiger partial charge in [-0.2, -0.15) is 0 Å². The summed E-state index contributed by atoms with van der Waals surface area (Å²) in [4.78, 5) is 2.09. The van der Waals surface area contributed by atoms with Gasteiger partial charge in [-0.1, -0.05) is 89.4 Å². The molecule has 1 heterocycles. The molecule has 0 spiro atoms. The van der Waals surface area contributed by atoms with Crippen molar-refractivity contribution in [2.75, 3.05) is 12.0 Å². The normalized spacial score (nSPS) is 16.4. The molecule has 0 bridgehead atoms. The van der Waals surface area contributed by atoms with Crippen LogP contribution in [-0.2, 0) is 0 Å². The Kier molecular flexibility index (Phi) is 5.29. The average molecular weight is 431 g/mol. The fourth-order valence-corrected chi connectivity index (χ4v) is 4.22. The van der Waals surface area contributed by atoms with Crippen molar-refractivity contribution in [1.29, 1.82) is 0 Å². The van der Waals surface area contributed by atoms with Gasteiger partial charge >= 0.3 is 0 Å². The molecule has 0 aromatic heterocycles. The molecule has 0 aliphatic carbocycles. The monoisotopic (exact) mass is 429 g/mol. The number of alkyl halides is 3. The second-order valence-electron chi connectivity index (χ2n) is 6.54. The van der Waals surface area contributed by atoms with E-state index in [1.54, 1.807) is 7.11 Å². The van der Waals surface area contributed by atoms with Crippen LogP contribution in [0, 0.1) is 0 Å². The molecule has 3 aromatic rings. The predicted octanol–water partition coefficient (Wildman–Crippen LogP) is 7.12. The van der Waals surface area contributed by atoms with E-state index in [1.165, 1.54) is 0 Å². The molecule has 0 amide bonds. The molecule has 5 heteroatoms. The van der Waals surface area contributed by atoms with Crippen molar-refractivity contribution >= 4 is 52.3 Å². The SMILES string of the molecule is COc1ccc(N2C(c3ccccc3)=Cc3ccccc3C2C(Cl)(Cl)Cl)cc1. The third-order valence-corrected chi connectivity index (χ3v) is 5.45. The van der Waals surface area contributed by atoms with Crippen LogP contribution in [0.1, 0.15) is 22.7 Å². The summed E-state index contributed by atoms with van der Waals surface area (Å²) < 4.78 is 3.77. The van der Waals surface area contributed by atoms with E-state index in [9.17, 15) is 0 Å². The Balaban J connectivity index is 1.96. The first kappa shape index (κ1) is 19.2. The highest BCUT2D eigenvalue weighted by atomic mass is 35.6. The summed E-state index contributed by atoms with van der Waals surface area (Å²) in [7, 11) is 1.64. The molecule has 1 aliphatic heterocycles. The molecule has 2 nitrogen and oxygen atoms in total. The lowest BCUT2D eigenvalue weighted by Gasteiger charge is -2.42. The van der Waals surface area contributed by atoms with Crippen molar-refractivity contribution in [2.45, 2.75) is 9.83 Å². The van der Waals surface area contributed by atoms with Crippen LogP contribution in [0.4, 0.5) is 5.69 Å². The van der Waals surface area contributed by atoms with E-state index in [-0.39, 0.29) is 0 Å². The lowest BCUT2D eigenvalue weighted by Crippen LogP contribution is -2.38. The quantitative estimate of drug-likeness (QED) is 0.410. The van der Waals surface area contributed by atoms with Gasteiger partial charge in [-0.25, -0.2) is 0 Å². The van der Waals surface area contributed by atoms with E-state index >= 15 is 0 Å². The number of benzene rings is 3. The number of rotatable bonds is 3. The van der Waals surface area contributed by atoms with E-state index in [0.29, 0.717) is 0 Å². The Hall–Kier alpha value is -2.13. The summed E-state index contributed by atoms with van der Waals surface area (Å²) in [5, 5.41) is 0. The average Bonchev–Trinajstić information content (AvgIpc) is 2.72. The number of ether oxygens (including phenoxy) is 1. The summed E-state index contributed by atoms with van der Waals surface area (Å²) in [6.07, 6.45) is 2.14. The third-order valence-electron chi connectivity index (χ3n) is 4.83. The molecular formula is C23H18Cl3NO. The molecule has 28 heavy (non-hydrogen) atoms. The Morgan fingerprint density at radius 1 is 0.821 bits per heavy atom. The van der Waals surface area contributed by atoms with Crippen molar-refractivity contribution in [2.24, 2.45) is 0 Å². The lowest BCUT2D eigenvalue weighted by molar-refractivity contribution is 0.415. The van der Waals surface area contributed by atoms with Crippen LogP contribution in [0.15, 0.2) is 78.9 Å². The predicted molar refractivity (Wildman–Crippen MR) is 119 cm³/mol. The number of hydrogen-bond donors (Lipinski definition) is 0. The molecule has 3 aromatic carbocycles. The van der Waals surface area contributed by atoms with Crippen molar-refractivity contribution in [3.63, 3.8) is 0 Å². The molecule has 0 saturated heterocycles. The van der Waals surface area contributed by atoms with E-state index in [2.05, 4.69) is 23.1 Å². The minimum absolute atomic E-state index is 0.484. The van der Waals surface area contributed by atoms with Crippen LogP contribution in [-0.4, -0.2) is 10.9 Å². The van der Waals surface area contributed by atoms with Gasteiger partial charge in [0.25, 0.3) is 0 Å². The first-order chi connectivity index (χ1) is 13.5. The number of fused-ring (bicyclic) bond motifs is 1. The van der Waals surface area contributed by atoms with Crippen molar-refractivity contribution < 1.29 is 4.74 Å². The molecule has 142 valence electrons. The summed E-state index contributed by atoms with van der Waals surface area (Å²) >= 11 is 19.6. The van der Waals surface area contributed by atoms with Crippen molar-refractivity contribution in [1.82, 2.24) is 0 Å². The van der Waals surface area contributed by atoms with Gasteiger partial charge in [-0.05, 0) is 47.0 Å². The zero-order valence-corrected chi connectivity index (χ0v) is 17.4. The number of anilines is 1. The van der Waals surface area contributed by atoms with Gasteiger partial charge in [0.05, 0.1) is 7.11 Å². The van der Waals surface area contributed by atoms with Gasteiger partial charge in [0, 0.05) is 11.4 Å². The number of methoxy groups -OCH3 is 1. The number of hydrogen-bond acceptors (Lipinski definition) is 2. The smallest absolute Gasteiger partial charge is 0.215 e. The highest BCUT2D eigenvalue weighted by Crippen LogP contribution is 2.52. The zero-order chi connectivity index (χ0) is 19.7. The molecule has 0 N–H and O–H groups in total. The summed E-state index contributed by atoms with van der Waals surface area (Å²) in [6, 6.07) is 25.4. The van der Waals surface area contributed by atoms with Crippen LogP contribution in [0.5, 0.6) is 5.75 Å². The van der Waals surface area contributed by atoms with Crippen LogP contribution in [0.2, 0.25) is 0 Å². The number of nitrogens with zero attached hydrogens (tertiary/aromatic N) is 1. The first-order valence-electron chi connectivity index (χ1n) is 8.85. The molecule has 1 unspecified atom stereocenters. The van der Waals surface area contributed by atoms with Crippen LogP contribution in [0.3, 0.4) is 0 Å². The second-order valence-corrected chi connectivity index (χ2v) is 8.91. The minimum Gasteiger partial charge on any atom is -0.497 e. The van der Waals surface area contributed by atoms with Gasteiger partial charge in [0.1, 0.15) is 11.8 Å². The van der Waals surface area contributed by atoms with Crippen LogP contribution in [0.25, 0.3) is 11.8 Å². The van der Waals surface area contributed by atoms with E-state index < -0.39 is 9.83 Å². The van der Waals surface area contributed by atoms with Gasteiger partial charge < -0.3 is 9.64 Å². The Morgan fingerprint density at radius 3 is 2.11 bits per heavy atom. The summed E-state index contributed by atoms with van der Waals surface area (Å²) in [6.45, 7) is 0. The van der Waals surface area contributed by atoms with Gasteiger partial charge in [0.15, 0.2) is 0 Å². The van der Waals surface area contributed by atoms with Crippen LogP contribution >= 0.6 is 34.8 Å². The fraction of sp³-hybridized carbons (Fsp3) is 0.130. The highest BCUT2D eigenvalue weighted by molar-refractivity contribution is 6.68. The first-order valence-corrected chi connectivity index (χ1v) is 9.98. The maximum absolute atomic E-state index is 6.53. The molecule has 0 fully saturated rings. The largest absolute Gasteiger partial charge is 0.497 e. The van der Waals surface area contributed by atoms with Gasteiger partial charge in [0.2, 0.25) is 3.79 Å². The van der Waals surface area contributed by atoms with E-state index in [4.69, 9.17) is 39.5 Å². The molecule has 0 radical (unpaired) electrons. The van der Waals surface area contributed by atoms with E-state index in [1.807, 2.05) is 66.7 Å². The third kappa shape index (κ3) is 3.60. The van der Waals surface area contributed by atoms with E-state index in [0.717, 1.165) is 33.8 Å². The van der Waals surface area contributed by atoms with Crippen LogP contribution < -0.4 is 9.64 Å². The summed E-state index contributed by atoms with van der Waals surface area (Å²) in [5.41, 5.74) is 4.95. The topological polar surface area (TPSA) is 12.5 Å². The highest BCUT2D eigenvalue weighted by Gasteiger charge is 2.43. The molecule has 1 aliphatic rings. The number of halogens is 3. The molecular weight excluding hydrogens is 413 g/mol. The standard InChI is InChI=1S/C23H18Cl3NO/c1-28-19-13-11-18(12-14-19)27-21(16-7-3-2-4-8-16)15-17-9-5-6-10-20(17)22(27)23(24,25)26/h2-15,22H,1H3. The minimum atomic E-state index is -1.54. The Bertz CT molecular complexity index is 994. The Labute approximate surface area is 179 Å².